The van der Waals surface area contributed by atoms with Gasteiger partial charge in [-0.3, -0.25) is 9.69 Å². The van der Waals surface area contributed by atoms with Gasteiger partial charge in [0, 0.05) is 25.1 Å². The number of aliphatic hydroxyl groups is 1. The number of hydrogen-bond donors (Lipinski definition) is 2. The lowest BCUT2D eigenvalue weighted by Crippen LogP contribution is -2.34. The maximum Gasteiger partial charge on any atom is 0.176 e. The minimum atomic E-state index is -0.796. The zero-order chi connectivity index (χ0) is 19.9. The highest BCUT2D eigenvalue weighted by molar-refractivity contribution is 5.97. The Morgan fingerprint density at radius 2 is 1.71 bits per heavy atom. The lowest BCUT2D eigenvalue weighted by molar-refractivity contribution is 0.0355. The lowest BCUT2D eigenvalue weighted by atomic mass is 9.91. The number of fused-ring (bicyclic) bond motifs is 1. The monoisotopic (exact) mass is 387 g/mol. The Hall–Kier alpha value is -2.31. The highest BCUT2D eigenvalue weighted by atomic mass is 19.1. The standard InChI is InChI=1S/C22H23F2NO3/c23-18-4-1-14(2-5-18)8-22(28)9-16-11-25(12-17(16)10-22)13-21(27)15-3-6-20(26)19(24)7-15/h1-7,16-17,26,28H,8-13H2. The van der Waals surface area contributed by atoms with Gasteiger partial charge in [-0.1, -0.05) is 12.1 Å². The largest absolute Gasteiger partial charge is 0.505 e. The minimum absolute atomic E-state index is 0.180. The van der Waals surface area contributed by atoms with Crippen LogP contribution in [0.3, 0.4) is 0 Å². The lowest BCUT2D eigenvalue weighted by Gasteiger charge is -2.26. The van der Waals surface area contributed by atoms with Crippen molar-refractivity contribution in [3.8, 4) is 5.75 Å². The molecule has 2 atom stereocenters. The molecule has 0 bridgehead atoms. The molecule has 2 N–H and O–H groups in total. The van der Waals surface area contributed by atoms with Crippen molar-refractivity contribution in [2.24, 2.45) is 11.8 Å². The summed E-state index contributed by atoms with van der Waals surface area (Å²) in [5, 5.41) is 20.2. The Labute approximate surface area is 162 Å². The topological polar surface area (TPSA) is 60.8 Å². The summed E-state index contributed by atoms with van der Waals surface area (Å²) in [5.41, 5.74) is 0.383. The molecule has 0 spiro atoms. The van der Waals surface area contributed by atoms with Crippen LogP contribution in [-0.2, 0) is 6.42 Å². The van der Waals surface area contributed by atoms with Gasteiger partial charge >= 0.3 is 0 Å². The van der Waals surface area contributed by atoms with Crippen LogP contribution in [-0.4, -0.2) is 46.1 Å². The van der Waals surface area contributed by atoms with Crippen molar-refractivity contribution in [3.63, 3.8) is 0 Å². The van der Waals surface area contributed by atoms with E-state index in [0.29, 0.717) is 31.1 Å². The number of Topliss-reactive ketones (excluding diaryl/α,β-unsaturated/α-hetero) is 1. The predicted molar refractivity (Wildman–Crippen MR) is 100 cm³/mol. The third-order valence-electron chi connectivity index (χ3n) is 6.02. The van der Waals surface area contributed by atoms with E-state index in [4.69, 9.17) is 0 Å². The molecule has 0 amide bonds. The number of halogens is 2. The van der Waals surface area contributed by atoms with E-state index in [-0.39, 0.29) is 23.7 Å². The Kier molecular flexibility index (Phi) is 4.93. The molecule has 0 radical (unpaired) electrons. The van der Waals surface area contributed by atoms with Gasteiger partial charge in [0.05, 0.1) is 12.1 Å². The van der Waals surface area contributed by atoms with E-state index >= 15 is 0 Å². The summed E-state index contributed by atoms with van der Waals surface area (Å²) in [4.78, 5) is 14.5. The Bertz CT molecular complexity index is 870. The molecule has 1 heterocycles. The van der Waals surface area contributed by atoms with Crippen LogP contribution >= 0.6 is 0 Å². The van der Waals surface area contributed by atoms with E-state index in [0.717, 1.165) is 24.7 Å². The van der Waals surface area contributed by atoms with Crippen LogP contribution < -0.4 is 0 Å². The van der Waals surface area contributed by atoms with Gasteiger partial charge < -0.3 is 10.2 Å². The van der Waals surface area contributed by atoms with Gasteiger partial charge in [-0.05, 0) is 60.6 Å². The summed E-state index contributed by atoms with van der Waals surface area (Å²) >= 11 is 0. The molecule has 1 saturated heterocycles. The fourth-order valence-electron chi connectivity index (χ4n) is 4.79. The first-order chi connectivity index (χ1) is 13.3. The average Bonchev–Trinajstić information content (AvgIpc) is 3.13. The smallest absolute Gasteiger partial charge is 0.176 e. The molecule has 0 aromatic heterocycles. The highest BCUT2D eigenvalue weighted by Gasteiger charge is 2.48. The molecule has 4 rings (SSSR count). The quantitative estimate of drug-likeness (QED) is 0.774. The number of likely N-dealkylation sites (tertiary alicyclic amines) is 1. The van der Waals surface area contributed by atoms with E-state index < -0.39 is 17.2 Å². The molecular formula is C22H23F2NO3. The molecule has 2 aliphatic rings. The van der Waals surface area contributed by atoms with Crippen LogP contribution in [0.25, 0.3) is 0 Å². The molecule has 148 valence electrons. The number of rotatable bonds is 5. The summed E-state index contributed by atoms with van der Waals surface area (Å²) in [6.45, 7) is 1.65. The predicted octanol–water partition coefficient (Wildman–Crippen LogP) is 3.17. The molecular weight excluding hydrogens is 364 g/mol. The normalized spacial score (nSPS) is 27.1. The number of phenols is 1. The van der Waals surface area contributed by atoms with Gasteiger partial charge in [-0.2, -0.15) is 0 Å². The van der Waals surface area contributed by atoms with Gasteiger partial charge in [0.15, 0.2) is 17.3 Å². The van der Waals surface area contributed by atoms with Crippen molar-refractivity contribution in [1.29, 1.82) is 0 Å². The van der Waals surface area contributed by atoms with Crippen LogP contribution in [0.5, 0.6) is 5.75 Å². The Balaban J connectivity index is 1.34. The van der Waals surface area contributed by atoms with E-state index in [9.17, 15) is 23.8 Å². The molecule has 2 aromatic carbocycles. The number of benzene rings is 2. The van der Waals surface area contributed by atoms with E-state index in [1.54, 1.807) is 12.1 Å². The van der Waals surface area contributed by atoms with Crippen LogP contribution in [0.4, 0.5) is 8.78 Å². The van der Waals surface area contributed by atoms with E-state index in [2.05, 4.69) is 4.90 Å². The average molecular weight is 387 g/mol. The van der Waals surface area contributed by atoms with Gasteiger partial charge in [-0.25, -0.2) is 8.78 Å². The van der Waals surface area contributed by atoms with Gasteiger partial charge in [0.1, 0.15) is 5.82 Å². The maximum absolute atomic E-state index is 13.5. The molecule has 1 aliphatic carbocycles. The van der Waals surface area contributed by atoms with Crippen molar-refractivity contribution >= 4 is 5.78 Å². The minimum Gasteiger partial charge on any atom is -0.505 e. The van der Waals surface area contributed by atoms with Crippen molar-refractivity contribution < 1.29 is 23.8 Å². The first-order valence-electron chi connectivity index (χ1n) is 9.52. The SMILES string of the molecule is O=C(CN1CC2CC(O)(Cc3ccc(F)cc3)CC2C1)c1ccc(O)c(F)c1. The fourth-order valence-corrected chi connectivity index (χ4v) is 4.79. The van der Waals surface area contributed by atoms with Crippen LogP contribution in [0.1, 0.15) is 28.8 Å². The van der Waals surface area contributed by atoms with E-state index in [1.807, 2.05) is 0 Å². The third kappa shape index (κ3) is 3.93. The number of nitrogens with zero attached hydrogens (tertiary/aromatic N) is 1. The molecule has 2 aromatic rings. The van der Waals surface area contributed by atoms with Crippen molar-refractivity contribution in [2.45, 2.75) is 24.9 Å². The van der Waals surface area contributed by atoms with Crippen LogP contribution in [0.15, 0.2) is 42.5 Å². The molecule has 1 aliphatic heterocycles. The zero-order valence-corrected chi connectivity index (χ0v) is 15.4. The summed E-state index contributed by atoms with van der Waals surface area (Å²) in [6, 6.07) is 9.93. The fraction of sp³-hybridized carbons (Fsp3) is 0.409. The number of phenolic OH excluding ortho intramolecular Hbond substituents is 1. The summed E-state index contributed by atoms with van der Waals surface area (Å²) in [6.07, 6.45) is 1.83. The summed E-state index contributed by atoms with van der Waals surface area (Å²) in [5.74, 6) is -1.10. The van der Waals surface area contributed by atoms with Gasteiger partial charge in [0.25, 0.3) is 0 Å². The number of aromatic hydroxyl groups is 1. The molecule has 1 saturated carbocycles. The number of ketones is 1. The first-order valence-corrected chi connectivity index (χ1v) is 9.52. The van der Waals surface area contributed by atoms with Gasteiger partial charge in [0.2, 0.25) is 0 Å². The molecule has 28 heavy (non-hydrogen) atoms. The number of hydrogen-bond acceptors (Lipinski definition) is 4. The first kappa shape index (κ1) is 19.0. The van der Waals surface area contributed by atoms with Crippen LogP contribution in [0.2, 0.25) is 0 Å². The Morgan fingerprint density at radius 1 is 1.07 bits per heavy atom. The molecule has 2 fully saturated rings. The van der Waals surface area contributed by atoms with Crippen LogP contribution in [0, 0.1) is 23.5 Å². The van der Waals surface area contributed by atoms with Crippen molar-refractivity contribution in [2.75, 3.05) is 19.6 Å². The second-order valence-corrected chi connectivity index (χ2v) is 8.24. The van der Waals surface area contributed by atoms with E-state index in [1.165, 1.54) is 24.3 Å². The molecule has 2 unspecified atom stereocenters. The van der Waals surface area contributed by atoms with Gasteiger partial charge in [-0.15, -0.1) is 0 Å². The van der Waals surface area contributed by atoms with Crippen molar-refractivity contribution in [1.82, 2.24) is 4.90 Å². The molecule has 4 nitrogen and oxygen atoms in total. The van der Waals surface area contributed by atoms with Crippen molar-refractivity contribution in [3.05, 3.63) is 65.2 Å². The zero-order valence-electron chi connectivity index (χ0n) is 15.4. The second kappa shape index (κ2) is 7.26. The Morgan fingerprint density at radius 3 is 2.32 bits per heavy atom. The summed E-state index contributed by atoms with van der Waals surface area (Å²) in [7, 11) is 0. The number of carbonyl (C=O) groups excluding carboxylic acids is 1. The summed E-state index contributed by atoms with van der Waals surface area (Å²) < 4.78 is 26.5. The second-order valence-electron chi connectivity index (χ2n) is 8.24. The highest BCUT2D eigenvalue weighted by Crippen LogP contribution is 2.45. The molecule has 6 heteroatoms. The third-order valence-corrected chi connectivity index (χ3v) is 6.02. The maximum atomic E-state index is 13.5. The number of carbonyl (C=O) groups is 1.